The Morgan fingerprint density at radius 3 is 2.83 bits per heavy atom. The quantitative estimate of drug-likeness (QED) is 0.424. The minimum atomic E-state index is -0.597. The van der Waals surface area contributed by atoms with Crippen LogP contribution in [-0.4, -0.2) is 62.7 Å². The van der Waals surface area contributed by atoms with E-state index in [0.717, 1.165) is 18.5 Å². The number of benzene rings is 1. The molecule has 36 heavy (non-hydrogen) atoms. The van der Waals surface area contributed by atoms with Crippen LogP contribution < -0.4 is 20.1 Å². The van der Waals surface area contributed by atoms with Gasteiger partial charge in [0, 0.05) is 30.7 Å². The molecule has 2 aromatic heterocycles. The fraction of sp³-hybridized carbons (Fsp3) is 0.458. The molecule has 1 fully saturated rings. The first-order valence-electron chi connectivity index (χ1n) is 11.6. The minimum Gasteiger partial charge on any atom is -0.480 e. The highest BCUT2D eigenvalue weighted by molar-refractivity contribution is 5.85. The number of nitrogens with zero attached hydrogens (tertiary/aromatic N) is 4. The molecule has 0 radical (unpaired) electrons. The second kappa shape index (κ2) is 11.4. The van der Waals surface area contributed by atoms with Crippen LogP contribution in [0.3, 0.4) is 0 Å². The van der Waals surface area contributed by atoms with Crippen LogP contribution in [0.2, 0.25) is 0 Å². The van der Waals surface area contributed by atoms with Gasteiger partial charge in [0.15, 0.2) is 5.78 Å². The number of aromatic nitrogens is 4. The number of rotatable bonds is 7. The van der Waals surface area contributed by atoms with E-state index in [1.165, 1.54) is 19.4 Å². The first kappa shape index (κ1) is 26.1. The molecular weight excluding hydrogens is 491 g/mol. The van der Waals surface area contributed by atoms with Gasteiger partial charge in [0.1, 0.15) is 23.6 Å². The normalized spacial score (nSPS) is 21.4. The number of ether oxygens (including phenoxy) is 2. The molecule has 1 aliphatic heterocycles. The molecule has 1 aromatic carbocycles. The van der Waals surface area contributed by atoms with Gasteiger partial charge < -0.3 is 25.2 Å². The van der Waals surface area contributed by atoms with Gasteiger partial charge in [0.2, 0.25) is 11.8 Å². The van der Waals surface area contributed by atoms with Crippen molar-refractivity contribution in [2.45, 2.75) is 57.0 Å². The molecule has 0 bridgehead atoms. The number of carbonyl (C=O) groups excluding carboxylic acids is 1. The van der Waals surface area contributed by atoms with E-state index in [4.69, 9.17) is 9.47 Å². The maximum Gasteiger partial charge on any atom is 0.236 e. The van der Waals surface area contributed by atoms with E-state index in [0.29, 0.717) is 47.0 Å². The molecule has 3 N–H and O–H groups in total. The summed E-state index contributed by atoms with van der Waals surface area (Å²) in [6.07, 6.45) is 4.88. The summed E-state index contributed by atoms with van der Waals surface area (Å²) >= 11 is 0. The maximum atomic E-state index is 14.6. The van der Waals surface area contributed by atoms with E-state index in [-0.39, 0.29) is 55.7 Å². The summed E-state index contributed by atoms with van der Waals surface area (Å²) < 4.78 is 25.0. The van der Waals surface area contributed by atoms with E-state index in [2.05, 4.69) is 30.6 Å². The largest absolute Gasteiger partial charge is 0.480 e. The molecule has 5 rings (SSSR count). The van der Waals surface area contributed by atoms with Gasteiger partial charge in [-0.1, -0.05) is 0 Å². The number of Topliss-reactive ketones (excluding diaryl/α,β-unsaturated/α-hetero) is 1. The van der Waals surface area contributed by atoms with Crippen molar-refractivity contribution in [3.8, 4) is 11.8 Å². The summed E-state index contributed by atoms with van der Waals surface area (Å²) in [5, 5.41) is 17.5. The van der Waals surface area contributed by atoms with Crippen LogP contribution in [0.5, 0.6) is 11.8 Å². The molecule has 3 aromatic rings. The van der Waals surface area contributed by atoms with Crippen molar-refractivity contribution in [2.24, 2.45) is 0 Å². The zero-order valence-corrected chi connectivity index (χ0v) is 20.6. The standard InChI is InChI=1S/C24H27FN6O4.ClH/c1-34-22-11-28-19-5-3-17(25)16(23(19)31-22)10-27-18-4-2-13(6-21(18)33)26-8-14-9-29-24-20(30-14)7-15(32)12-35-24;/h3,5,9,11,13,18,21,26-27,33H,2,4,6-8,10,12H2,1H3;1H/t13-,18-,21+;/m1./s1. The average molecular weight is 519 g/mol. The highest BCUT2D eigenvalue weighted by atomic mass is 35.5. The van der Waals surface area contributed by atoms with Gasteiger partial charge in [-0.2, -0.15) is 0 Å². The minimum absolute atomic E-state index is 0. The Labute approximate surface area is 213 Å². The lowest BCUT2D eigenvalue weighted by molar-refractivity contribution is -0.121. The fourth-order valence-corrected chi connectivity index (χ4v) is 4.58. The van der Waals surface area contributed by atoms with Crippen molar-refractivity contribution in [3.63, 3.8) is 0 Å². The molecular formula is C24H28ClFN6O4. The van der Waals surface area contributed by atoms with Crippen LogP contribution in [0.4, 0.5) is 4.39 Å². The van der Waals surface area contributed by atoms with Gasteiger partial charge >= 0.3 is 0 Å². The number of aliphatic hydroxyl groups is 1. The summed E-state index contributed by atoms with van der Waals surface area (Å²) in [7, 11) is 1.49. The lowest BCUT2D eigenvalue weighted by atomic mass is 9.88. The second-order valence-corrected chi connectivity index (χ2v) is 8.87. The molecule has 10 nitrogen and oxygen atoms in total. The van der Waals surface area contributed by atoms with E-state index < -0.39 is 6.10 Å². The second-order valence-electron chi connectivity index (χ2n) is 8.87. The molecule has 1 aliphatic carbocycles. The van der Waals surface area contributed by atoms with Crippen LogP contribution in [0, 0.1) is 5.82 Å². The maximum absolute atomic E-state index is 14.6. The molecule has 0 spiro atoms. The third-order valence-electron chi connectivity index (χ3n) is 6.47. The lowest BCUT2D eigenvalue weighted by Gasteiger charge is -2.34. The van der Waals surface area contributed by atoms with Crippen molar-refractivity contribution in [2.75, 3.05) is 13.7 Å². The number of fused-ring (bicyclic) bond motifs is 2. The van der Waals surface area contributed by atoms with Crippen molar-refractivity contribution >= 4 is 29.2 Å². The van der Waals surface area contributed by atoms with E-state index in [1.54, 1.807) is 12.3 Å². The molecule has 12 heteroatoms. The number of nitrogens with one attached hydrogen (secondary N) is 2. The highest BCUT2D eigenvalue weighted by Crippen LogP contribution is 2.24. The number of hydrogen-bond acceptors (Lipinski definition) is 10. The third-order valence-corrected chi connectivity index (χ3v) is 6.47. The Balaban J connectivity index is 0.00000304. The van der Waals surface area contributed by atoms with Gasteiger partial charge in [-0.15, -0.1) is 12.4 Å². The molecule has 3 heterocycles. The Hall–Kier alpha value is -2.99. The first-order valence-corrected chi connectivity index (χ1v) is 11.6. The highest BCUT2D eigenvalue weighted by Gasteiger charge is 2.29. The summed E-state index contributed by atoms with van der Waals surface area (Å²) in [5.74, 6) is 0.345. The van der Waals surface area contributed by atoms with E-state index >= 15 is 0 Å². The molecule has 192 valence electrons. The fourth-order valence-electron chi connectivity index (χ4n) is 4.58. The van der Waals surface area contributed by atoms with Crippen molar-refractivity contribution in [1.29, 1.82) is 0 Å². The molecule has 2 aliphatic rings. The van der Waals surface area contributed by atoms with E-state index in [9.17, 15) is 14.3 Å². The number of ketones is 1. The first-order chi connectivity index (χ1) is 17.0. The third kappa shape index (κ3) is 5.70. The van der Waals surface area contributed by atoms with Gasteiger partial charge in [-0.25, -0.2) is 24.3 Å². The van der Waals surface area contributed by atoms with E-state index in [1.807, 2.05) is 0 Å². The predicted octanol–water partition coefficient (Wildman–Crippen LogP) is 1.65. The predicted molar refractivity (Wildman–Crippen MR) is 131 cm³/mol. The zero-order valence-electron chi connectivity index (χ0n) is 19.7. The van der Waals surface area contributed by atoms with Gasteiger partial charge in [0.05, 0.1) is 43.2 Å². The Kier molecular flexibility index (Phi) is 8.24. The summed E-state index contributed by atoms with van der Waals surface area (Å²) in [6.45, 7) is 0.741. The van der Waals surface area contributed by atoms with Crippen LogP contribution in [0.1, 0.15) is 36.2 Å². The van der Waals surface area contributed by atoms with Crippen molar-refractivity contribution < 1.29 is 23.8 Å². The molecule has 0 unspecified atom stereocenters. The van der Waals surface area contributed by atoms with Gasteiger partial charge in [-0.3, -0.25) is 4.79 Å². The summed E-state index contributed by atoms with van der Waals surface area (Å²) in [4.78, 5) is 29.0. The molecule has 1 saturated carbocycles. The van der Waals surface area contributed by atoms with Gasteiger partial charge in [0.25, 0.3) is 0 Å². The van der Waals surface area contributed by atoms with Crippen LogP contribution in [0.15, 0.2) is 24.5 Å². The van der Waals surface area contributed by atoms with Crippen LogP contribution >= 0.6 is 12.4 Å². The van der Waals surface area contributed by atoms with Gasteiger partial charge in [-0.05, 0) is 31.4 Å². The Morgan fingerprint density at radius 2 is 2.03 bits per heavy atom. The molecule has 0 saturated heterocycles. The number of methoxy groups -OCH3 is 1. The van der Waals surface area contributed by atoms with Crippen molar-refractivity contribution in [3.05, 3.63) is 47.3 Å². The average Bonchev–Trinajstić information content (AvgIpc) is 2.87. The Bertz CT molecular complexity index is 1250. The smallest absolute Gasteiger partial charge is 0.236 e. The SMILES string of the molecule is COc1cnc2ccc(F)c(CN[C@@H]3CC[C@@H](NCc4cnc5c(n4)CC(=O)CO5)C[C@@H]3O)c2n1.Cl. The number of hydrogen-bond donors (Lipinski definition) is 3. The lowest BCUT2D eigenvalue weighted by Crippen LogP contribution is -2.48. The number of halogens is 2. The molecule has 3 atom stereocenters. The van der Waals surface area contributed by atoms with Crippen LogP contribution in [0.25, 0.3) is 11.0 Å². The number of aliphatic hydroxyl groups excluding tert-OH is 1. The monoisotopic (exact) mass is 518 g/mol. The Morgan fingerprint density at radius 1 is 1.17 bits per heavy atom. The zero-order chi connectivity index (χ0) is 24.4. The van der Waals surface area contributed by atoms with Crippen LogP contribution in [-0.2, 0) is 24.3 Å². The molecule has 0 amide bonds. The topological polar surface area (TPSA) is 131 Å². The summed E-state index contributed by atoms with van der Waals surface area (Å²) in [5.41, 5.74) is 2.71. The van der Waals surface area contributed by atoms with Crippen molar-refractivity contribution in [1.82, 2.24) is 30.6 Å². The summed E-state index contributed by atoms with van der Waals surface area (Å²) in [6, 6.07) is 2.89. The number of carbonyl (C=O) groups is 1.